The van der Waals surface area contributed by atoms with E-state index in [4.69, 9.17) is 21.4 Å². The molecule has 4 aromatic rings. The number of rotatable bonds is 6. The lowest BCUT2D eigenvalue weighted by Gasteiger charge is -2.26. The van der Waals surface area contributed by atoms with Crippen LogP contribution in [0.2, 0.25) is 0 Å². The molecular weight excluding hydrogens is 450 g/mol. The quantitative estimate of drug-likeness (QED) is 0.370. The van der Waals surface area contributed by atoms with Crippen LogP contribution in [0.1, 0.15) is 33.9 Å². The lowest BCUT2D eigenvalue weighted by molar-refractivity contribution is 0.0697. The molecule has 2 aromatic carbocycles. The van der Waals surface area contributed by atoms with E-state index < -0.39 is 5.97 Å². The fourth-order valence-electron chi connectivity index (χ4n) is 4.14. The molecule has 2 atom stereocenters. The molecular formula is C26H21N3O4S. The van der Waals surface area contributed by atoms with Crippen LogP contribution in [0, 0.1) is 0 Å². The van der Waals surface area contributed by atoms with Crippen molar-refractivity contribution in [1.29, 1.82) is 0 Å². The maximum absolute atomic E-state index is 11.4. The second-order valence-electron chi connectivity index (χ2n) is 7.78. The van der Waals surface area contributed by atoms with Crippen molar-refractivity contribution in [3.8, 4) is 17.1 Å². The average Bonchev–Trinajstić information content (AvgIpc) is 3.49. The van der Waals surface area contributed by atoms with E-state index in [-0.39, 0.29) is 17.6 Å². The maximum Gasteiger partial charge on any atom is 0.335 e. The Labute approximate surface area is 201 Å². The fraction of sp³-hybridized carbons (Fsp3) is 0.115. The van der Waals surface area contributed by atoms with E-state index in [1.165, 1.54) is 0 Å². The summed E-state index contributed by atoms with van der Waals surface area (Å²) in [5.41, 5.74) is 2.60. The number of methoxy groups -OCH3 is 1. The molecule has 2 aromatic heterocycles. The number of hydrogen-bond acceptors (Lipinski definition) is 5. The molecule has 170 valence electrons. The number of carboxylic acids is 1. The summed E-state index contributed by atoms with van der Waals surface area (Å²) in [4.78, 5) is 18.0. The number of benzene rings is 2. The Balaban J connectivity index is 1.58. The van der Waals surface area contributed by atoms with Crippen LogP contribution in [0.3, 0.4) is 0 Å². The predicted octanol–water partition coefficient (Wildman–Crippen LogP) is 5.23. The highest BCUT2D eigenvalue weighted by molar-refractivity contribution is 7.80. The van der Waals surface area contributed by atoms with Gasteiger partial charge in [-0.3, -0.25) is 4.98 Å². The van der Waals surface area contributed by atoms with Crippen molar-refractivity contribution < 1.29 is 19.1 Å². The summed E-state index contributed by atoms with van der Waals surface area (Å²) >= 11 is 5.73. The summed E-state index contributed by atoms with van der Waals surface area (Å²) < 4.78 is 11.6. The molecule has 5 rings (SSSR count). The number of nitrogens with zero attached hydrogens (tertiary/aromatic N) is 2. The standard InChI is InChI=1S/C26H21N3O4S/c1-32-19-10-8-18(9-11-19)29-24(23(28-26(29)34)20-7-2-3-14-27-20)22-13-12-21(33-22)16-5-4-6-17(15-16)25(30)31/h2-15,23-24H,1H3,(H,28,34)(H,30,31)/t23-,24-/m0/s1. The van der Waals surface area contributed by atoms with Crippen molar-refractivity contribution in [3.05, 3.63) is 102 Å². The highest BCUT2D eigenvalue weighted by Crippen LogP contribution is 2.43. The number of pyridine rings is 1. The lowest BCUT2D eigenvalue weighted by Crippen LogP contribution is -2.29. The van der Waals surface area contributed by atoms with Gasteiger partial charge in [0.15, 0.2) is 5.11 Å². The van der Waals surface area contributed by atoms with Crippen molar-refractivity contribution >= 4 is 29.0 Å². The fourth-order valence-corrected chi connectivity index (χ4v) is 4.48. The molecule has 7 nitrogen and oxygen atoms in total. The van der Waals surface area contributed by atoms with Crippen molar-refractivity contribution in [2.75, 3.05) is 12.0 Å². The first-order valence-corrected chi connectivity index (χ1v) is 11.0. The Morgan fingerprint density at radius 1 is 1.09 bits per heavy atom. The van der Waals surface area contributed by atoms with Crippen LogP contribution in [-0.4, -0.2) is 28.3 Å². The number of carboxylic acid groups (broad SMARTS) is 1. The zero-order chi connectivity index (χ0) is 23.7. The van der Waals surface area contributed by atoms with Gasteiger partial charge in [-0.05, 0) is 72.9 Å². The van der Waals surface area contributed by atoms with Crippen molar-refractivity contribution in [1.82, 2.24) is 10.3 Å². The third-order valence-corrected chi connectivity index (χ3v) is 6.08. The van der Waals surface area contributed by atoms with Crippen LogP contribution in [0.15, 0.2) is 89.5 Å². The van der Waals surface area contributed by atoms with E-state index in [9.17, 15) is 9.90 Å². The monoisotopic (exact) mass is 471 g/mol. The molecule has 1 aliphatic rings. The third-order valence-electron chi connectivity index (χ3n) is 5.76. The molecule has 1 saturated heterocycles. The van der Waals surface area contributed by atoms with Crippen LogP contribution in [-0.2, 0) is 0 Å². The van der Waals surface area contributed by atoms with E-state index >= 15 is 0 Å². The molecule has 1 fully saturated rings. The third kappa shape index (κ3) is 3.99. The molecule has 0 radical (unpaired) electrons. The first-order valence-electron chi connectivity index (χ1n) is 10.6. The Hall–Kier alpha value is -4.17. The van der Waals surface area contributed by atoms with Crippen molar-refractivity contribution in [2.45, 2.75) is 12.1 Å². The summed E-state index contributed by atoms with van der Waals surface area (Å²) in [5, 5.41) is 13.3. The van der Waals surface area contributed by atoms with Gasteiger partial charge in [-0.25, -0.2) is 4.79 Å². The molecule has 0 aliphatic carbocycles. The second kappa shape index (κ2) is 8.99. The molecule has 0 unspecified atom stereocenters. The van der Waals surface area contributed by atoms with E-state index in [2.05, 4.69) is 10.3 Å². The molecule has 0 amide bonds. The number of thiocarbonyl (C=S) groups is 1. The van der Waals surface area contributed by atoms with Gasteiger partial charge in [0, 0.05) is 17.4 Å². The van der Waals surface area contributed by atoms with Gasteiger partial charge in [0.25, 0.3) is 0 Å². The number of hydrogen-bond donors (Lipinski definition) is 2. The summed E-state index contributed by atoms with van der Waals surface area (Å²) in [5.74, 6) is 1.01. The van der Waals surface area contributed by atoms with E-state index in [1.807, 2.05) is 65.6 Å². The largest absolute Gasteiger partial charge is 0.497 e. The summed E-state index contributed by atoms with van der Waals surface area (Å²) in [6.45, 7) is 0. The summed E-state index contributed by atoms with van der Waals surface area (Å²) in [6, 6.07) is 23.3. The molecule has 1 aliphatic heterocycles. The minimum Gasteiger partial charge on any atom is -0.497 e. The Kier molecular flexibility index (Phi) is 5.73. The van der Waals surface area contributed by atoms with Crippen molar-refractivity contribution in [2.24, 2.45) is 0 Å². The van der Waals surface area contributed by atoms with Gasteiger partial charge in [-0.1, -0.05) is 18.2 Å². The van der Waals surface area contributed by atoms with E-state index in [1.54, 1.807) is 31.5 Å². The number of aromatic nitrogens is 1. The number of aromatic carboxylic acids is 1. The lowest BCUT2D eigenvalue weighted by atomic mass is 10.0. The van der Waals surface area contributed by atoms with Gasteiger partial charge in [0.1, 0.15) is 23.3 Å². The minimum absolute atomic E-state index is 0.199. The van der Waals surface area contributed by atoms with Crippen LogP contribution in [0.4, 0.5) is 5.69 Å². The van der Waals surface area contributed by atoms with Gasteiger partial charge in [-0.15, -0.1) is 0 Å². The average molecular weight is 472 g/mol. The van der Waals surface area contributed by atoms with Crippen molar-refractivity contribution in [3.63, 3.8) is 0 Å². The predicted molar refractivity (Wildman–Crippen MR) is 132 cm³/mol. The molecule has 2 N–H and O–H groups in total. The molecule has 0 bridgehead atoms. The van der Waals surface area contributed by atoms with Gasteiger partial charge < -0.3 is 24.5 Å². The topological polar surface area (TPSA) is 87.8 Å². The number of ether oxygens (including phenoxy) is 1. The molecule has 0 saturated carbocycles. The number of furan rings is 1. The molecule has 34 heavy (non-hydrogen) atoms. The normalized spacial score (nSPS) is 17.4. The highest BCUT2D eigenvalue weighted by Gasteiger charge is 2.42. The SMILES string of the molecule is COc1ccc(N2C(=S)N[C@@H](c3ccccn3)[C@@H]2c2ccc(-c3cccc(C(=O)O)c3)o2)cc1. The highest BCUT2D eigenvalue weighted by atomic mass is 32.1. The van der Waals surface area contributed by atoms with E-state index in [0.717, 1.165) is 17.1 Å². The van der Waals surface area contributed by atoms with Crippen LogP contribution in [0.25, 0.3) is 11.3 Å². The Morgan fingerprint density at radius 3 is 2.62 bits per heavy atom. The van der Waals surface area contributed by atoms with Gasteiger partial charge in [0.05, 0.1) is 24.4 Å². The maximum atomic E-state index is 11.4. The minimum atomic E-state index is -0.986. The number of nitrogens with one attached hydrogen (secondary N) is 1. The number of anilines is 1. The van der Waals surface area contributed by atoms with Gasteiger partial charge >= 0.3 is 5.97 Å². The smallest absolute Gasteiger partial charge is 0.335 e. The van der Waals surface area contributed by atoms with Crippen LogP contribution in [0.5, 0.6) is 5.75 Å². The van der Waals surface area contributed by atoms with Crippen LogP contribution < -0.4 is 15.0 Å². The first kappa shape index (κ1) is 21.7. The second-order valence-corrected chi connectivity index (χ2v) is 8.17. The molecule has 0 spiro atoms. The summed E-state index contributed by atoms with van der Waals surface area (Å²) in [6.07, 6.45) is 1.75. The Bertz CT molecular complexity index is 1340. The van der Waals surface area contributed by atoms with E-state index in [0.29, 0.717) is 22.2 Å². The summed E-state index contributed by atoms with van der Waals surface area (Å²) in [7, 11) is 1.63. The first-order chi connectivity index (χ1) is 16.5. The van der Waals surface area contributed by atoms with Crippen LogP contribution >= 0.6 is 12.2 Å². The molecule has 3 heterocycles. The molecule has 8 heteroatoms. The van der Waals surface area contributed by atoms with Gasteiger partial charge in [-0.2, -0.15) is 0 Å². The Morgan fingerprint density at radius 2 is 1.91 bits per heavy atom. The zero-order valence-electron chi connectivity index (χ0n) is 18.2. The van der Waals surface area contributed by atoms with Gasteiger partial charge in [0.2, 0.25) is 0 Å². The zero-order valence-corrected chi connectivity index (χ0v) is 19.0. The number of carbonyl (C=O) groups is 1.